The normalized spacial score (nSPS) is 19.1. The third-order valence-corrected chi connectivity index (χ3v) is 3.37. The molecular weight excluding hydrogens is 280 g/mol. The number of nitrogens with one attached hydrogen (secondary N) is 1. The van der Waals surface area contributed by atoms with Crippen molar-refractivity contribution in [3.05, 3.63) is 17.0 Å². The Kier molecular flexibility index (Phi) is 5.14. The molecule has 1 N–H and O–H groups in total. The van der Waals surface area contributed by atoms with Gasteiger partial charge in [0.15, 0.2) is 5.82 Å². The highest BCUT2D eigenvalue weighted by Crippen LogP contribution is 2.21. The molecule has 0 saturated carbocycles. The molecule has 1 unspecified atom stereocenters. The highest BCUT2D eigenvalue weighted by Gasteiger charge is 2.29. The van der Waals surface area contributed by atoms with Crippen LogP contribution in [0.5, 0.6) is 0 Å². The summed E-state index contributed by atoms with van der Waals surface area (Å²) in [6.07, 6.45) is 0.717. The highest BCUT2D eigenvalue weighted by atomic mass is 35.5. The fourth-order valence-corrected chi connectivity index (χ4v) is 2.45. The Balaban J connectivity index is 2.25. The number of carbonyl (C=O) groups is 1. The van der Waals surface area contributed by atoms with Gasteiger partial charge in [0.2, 0.25) is 5.91 Å². The fraction of sp³-hybridized carbons (Fsp3) is 0.615. The van der Waals surface area contributed by atoms with Crippen LogP contribution in [0.15, 0.2) is 6.07 Å². The molecule has 1 atom stereocenters. The summed E-state index contributed by atoms with van der Waals surface area (Å²) in [6.45, 7) is 6.12. The Hall–Kier alpha value is -1.40. The maximum Gasteiger partial charge on any atom is 0.242 e. The minimum absolute atomic E-state index is 0.0276. The van der Waals surface area contributed by atoms with Gasteiger partial charge in [-0.3, -0.25) is 4.79 Å². The predicted octanol–water partition coefficient (Wildman–Crippen LogP) is 1.38. The third kappa shape index (κ3) is 3.37. The molecule has 1 aromatic heterocycles. The summed E-state index contributed by atoms with van der Waals surface area (Å²) in [5, 5.41) is 3.23. The molecule has 0 aromatic carbocycles. The Labute approximate surface area is 123 Å². The summed E-state index contributed by atoms with van der Waals surface area (Å²) < 4.78 is 5.31. The lowest BCUT2D eigenvalue weighted by atomic mass is 10.1. The number of hydrogen-bond donors (Lipinski definition) is 1. The summed E-state index contributed by atoms with van der Waals surface area (Å²) in [5.41, 5.74) is 0. The summed E-state index contributed by atoms with van der Waals surface area (Å²) >= 11 is 6.04. The van der Waals surface area contributed by atoms with Crippen molar-refractivity contribution in [2.75, 3.05) is 24.6 Å². The fourth-order valence-electron chi connectivity index (χ4n) is 2.25. The average Bonchev–Trinajstić information content (AvgIpc) is 2.44. The predicted molar refractivity (Wildman–Crippen MR) is 76.8 cm³/mol. The first-order chi connectivity index (χ1) is 9.65. The van der Waals surface area contributed by atoms with Gasteiger partial charge in [-0.2, -0.15) is 0 Å². The van der Waals surface area contributed by atoms with Crippen molar-refractivity contribution in [1.82, 2.24) is 15.3 Å². The van der Waals surface area contributed by atoms with Gasteiger partial charge in [-0.15, -0.1) is 0 Å². The maximum absolute atomic E-state index is 11.9. The van der Waals surface area contributed by atoms with Gasteiger partial charge in [0, 0.05) is 25.8 Å². The van der Waals surface area contributed by atoms with Crippen LogP contribution in [0.25, 0.3) is 0 Å². The highest BCUT2D eigenvalue weighted by molar-refractivity contribution is 6.29. The second-order valence-corrected chi connectivity index (χ2v) is 4.90. The largest absolute Gasteiger partial charge is 0.374 e. The lowest BCUT2D eigenvalue weighted by molar-refractivity contribution is -0.123. The molecule has 1 aliphatic rings. The van der Waals surface area contributed by atoms with Crippen molar-refractivity contribution < 1.29 is 9.53 Å². The summed E-state index contributed by atoms with van der Waals surface area (Å²) in [6, 6.07) is 1.48. The third-order valence-electron chi connectivity index (χ3n) is 3.17. The number of carbonyl (C=O) groups excluding carboxylic acids is 1. The molecule has 6 nitrogen and oxygen atoms in total. The molecule has 1 saturated heterocycles. The van der Waals surface area contributed by atoms with Gasteiger partial charge < -0.3 is 15.0 Å². The standard InChI is InChI=1S/C13H19ClN4O2/c1-3-9-13(19)15-5-6-18(9)12-7-10(14)16-11(17-12)8-20-4-2/h7,9H,3-6,8H2,1-2H3,(H,15,19). The number of rotatable bonds is 5. The lowest BCUT2D eigenvalue weighted by Crippen LogP contribution is -2.55. The van der Waals surface area contributed by atoms with E-state index in [1.54, 1.807) is 6.07 Å². The minimum atomic E-state index is -0.213. The van der Waals surface area contributed by atoms with Gasteiger partial charge in [-0.1, -0.05) is 18.5 Å². The number of aromatic nitrogens is 2. The van der Waals surface area contributed by atoms with Crippen molar-refractivity contribution in [1.29, 1.82) is 0 Å². The zero-order chi connectivity index (χ0) is 14.5. The zero-order valence-electron chi connectivity index (χ0n) is 11.7. The second kappa shape index (κ2) is 6.85. The van der Waals surface area contributed by atoms with Crippen LogP contribution in [-0.2, 0) is 16.1 Å². The van der Waals surface area contributed by atoms with Crippen molar-refractivity contribution in [2.45, 2.75) is 32.9 Å². The number of nitrogens with zero attached hydrogens (tertiary/aromatic N) is 3. The van der Waals surface area contributed by atoms with E-state index in [-0.39, 0.29) is 11.9 Å². The molecule has 1 aliphatic heterocycles. The van der Waals surface area contributed by atoms with Crippen LogP contribution in [0.2, 0.25) is 5.15 Å². The number of hydrogen-bond acceptors (Lipinski definition) is 5. The molecule has 1 aromatic rings. The zero-order valence-corrected chi connectivity index (χ0v) is 12.5. The Morgan fingerprint density at radius 1 is 1.50 bits per heavy atom. The Bertz CT molecular complexity index is 483. The first-order valence-corrected chi connectivity index (χ1v) is 7.19. The van der Waals surface area contributed by atoms with Crippen LogP contribution in [0.4, 0.5) is 5.82 Å². The van der Waals surface area contributed by atoms with Gasteiger partial charge >= 0.3 is 0 Å². The molecule has 2 rings (SSSR count). The summed E-state index contributed by atoms with van der Waals surface area (Å²) in [5.74, 6) is 1.25. The summed E-state index contributed by atoms with van der Waals surface area (Å²) in [7, 11) is 0. The molecule has 1 amide bonds. The van der Waals surface area contributed by atoms with E-state index in [0.29, 0.717) is 49.5 Å². The van der Waals surface area contributed by atoms with E-state index in [0.717, 1.165) is 0 Å². The van der Waals surface area contributed by atoms with Crippen molar-refractivity contribution in [3.63, 3.8) is 0 Å². The van der Waals surface area contributed by atoms with Gasteiger partial charge in [-0.25, -0.2) is 9.97 Å². The van der Waals surface area contributed by atoms with E-state index in [9.17, 15) is 4.79 Å². The quantitative estimate of drug-likeness (QED) is 0.832. The first-order valence-electron chi connectivity index (χ1n) is 6.81. The number of halogens is 1. The molecule has 0 radical (unpaired) electrons. The topological polar surface area (TPSA) is 67.3 Å². The number of amides is 1. The Morgan fingerprint density at radius 2 is 2.30 bits per heavy atom. The van der Waals surface area contributed by atoms with Gasteiger partial charge in [0.25, 0.3) is 0 Å². The van der Waals surface area contributed by atoms with E-state index in [1.165, 1.54) is 0 Å². The summed E-state index contributed by atoms with van der Waals surface area (Å²) in [4.78, 5) is 22.5. The molecule has 0 aliphatic carbocycles. The van der Waals surface area contributed by atoms with Crippen molar-refractivity contribution >= 4 is 23.3 Å². The maximum atomic E-state index is 11.9. The lowest BCUT2D eigenvalue weighted by Gasteiger charge is -2.35. The molecule has 1 fully saturated rings. The second-order valence-electron chi connectivity index (χ2n) is 4.51. The van der Waals surface area contributed by atoms with Crippen molar-refractivity contribution in [3.8, 4) is 0 Å². The molecule has 7 heteroatoms. The average molecular weight is 299 g/mol. The number of anilines is 1. The van der Waals surface area contributed by atoms with Crippen LogP contribution >= 0.6 is 11.6 Å². The van der Waals surface area contributed by atoms with Crippen LogP contribution in [-0.4, -0.2) is 41.6 Å². The van der Waals surface area contributed by atoms with E-state index in [4.69, 9.17) is 16.3 Å². The number of ether oxygens (including phenoxy) is 1. The molecule has 0 bridgehead atoms. The molecule has 2 heterocycles. The van der Waals surface area contributed by atoms with E-state index < -0.39 is 0 Å². The van der Waals surface area contributed by atoms with E-state index in [1.807, 2.05) is 18.7 Å². The number of piperazine rings is 1. The smallest absolute Gasteiger partial charge is 0.242 e. The minimum Gasteiger partial charge on any atom is -0.374 e. The first kappa shape index (κ1) is 15.0. The molecule has 20 heavy (non-hydrogen) atoms. The SMILES string of the molecule is CCOCc1nc(Cl)cc(N2CCNC(=O)C2CC)n1. The van der Waals surface area contributed by atoms with Gasteiger partial charge in [-0.05, 0) is 13.3 Å². The van der Waals surface area contributed by atoms with Crippen LogP contribution in [0, 0.1) is 0 Å². The van der Waals surface area contributed by atoms with E-state index in [2.05, 4.69) is 15.3 Å². The Morgan fingerprint density at radius 3 is 3.00 bits per heavy atom. The monoisotopic (exact) mass is 298 g/mol. The molecule has 0 spiro atoms. The van der Waals surface area contributed by atoms with Crippen LogP contribution in [0.1, 0.15) is 26.1 Å². The van der Waals surface area contributed by atoms with Crippen LogP contribution < -0.4 is 10.2 Å². The molecular formula is C13H19ClN4O2. The van der Waals surface area contributed by atoms with Gasteiger partial charge in [0.1, 0.15) is 23.6 Å². The van der Waals surface area contributed by atoms with E-state index >= 15 is 0 Å². The van der Waals surface area contributed by atoms with Crippen molar-refractivity contribution in [2.24, 2.45) is 0 Å². The van der Waals surface area contributed by atoms with Gasteiger partial charge in [0.05, 0.1) is 0 Å². The van der Waals surface area contributed by atoms with Crippen LogP contribution in [0.3, 0.4) is 0 Å². The molecule has 110 valence electrons.